The summed E-state index contributed by atoms with van der Waals surface area (Å²) < 4.78 is 11.6. The molecule has 148 valence electrons. The van der Waals surface area contributed by atoms with Crippen LogP contribution in [0.2, 0.25) is 0 Å². The molecule has 0 heterocycles. The predicted molar refractivity (Wildman–Crippen MR) is 98.6 cm³/mol. The van der Waals surface area contributed by atoms with Gasteiger partial charge in [-0.15, -0.1) is 0 Å². The van der Waals surface area contributed by atoms with Crippen LogP contribution in [0.4, 0.5) is 0 Å². The van der Waals surface area contributed by atoms with Gasteiger partial charge in [0.2, 0.25) is 0 Å². The van der Waals surface area contributed by atoms with Gasteiger partial charge in [0.15, 0.2) is 5.78 Å². The van der Waals surface area contributed by atoms with Gasteiger partial charge in [-0.3, -0.25) is 14.4 Å². The lowest BCUT2D eigenvalue weighted by Gasteiger charge is -2.56. The molecule has 5 heteroatoms. The van der Waals surface area contributed by atoms with Crippen molar-refractivity contribution in [3.05, 3.63) is 11.6 Å². The molecule has 0 radical (unpaired) electrons. The molecule has 27 heavy (non-hydrogen) atoms. The standard InChI is InChI=1S/C22H30O5/c1-12(23)26-19-11-22(3)18(8-9-20(22)27-13(2)24)17-6-4-14-10-15(25)5-7-16(14)21(17)19/h10,16-21H,4-9,11H2,1-3H3/t16-,17-,18+,19+,20+,21+,22+/m0/s1. The van der Waals surface area contributed by atoms with Crippen molar-refractivity contribution >= 4 is 17.7 Å². The van der Waals surface area contributed by atoms with Gasteiger partial charge in [-0.05, 0) is 62.4 Å². The van der Waals surface area contributed by atoms with Crippen molar-refractivity contribution in [1.29, 1.82) is 0 Å². The summed E-state index contributed by atoms with van der Waals surface area (Å²) >= 11 is 0. The molecule has 0 aromatic heterocycles. The van der Waals surface area contributed by atoms with Gasteiger partial charge in [0, 0.05) is 31.6 Å². The highest BCUT2D eigenvalue weighted by atomic mass is 16.5. The van der Waals surface area contributed by atoms with E-state index >= 15 is 0 Å². The minimum atomic E-state index is -0.245. The van der Waals surface area contributed by atoms with Crippen molar-refractivity contribution < 1.29 is 23.9 Å². The summed E-state index contributed by atoms with van der Waals surface area (Å²) in [4.78, 5) is 35.4. The summed E-state index contributed by atoms with van der Waals surface area (Å²) in [6, 6.07) is 0. The molecule has 0 bridgehead atoms. The number of hydrogen-bond acceptors (Lipinski definition) is 5. The first-order chi connectivity index (χ1) is 12.8. The molecule has 0 aromatic rings. The third-order valence-electron chi connectivity index (χ3n) is 7.78. The molecular weight excluding hydrogens is 344 g/mol. The van der Waals surface area contributed by atoms with Gasteiger partial charge < -0.3 is 9.47 Å². The molecule has 5 nitrogen and oxygen atoms in total. The van der Waals surface area contributed by atoms with E-state index in [4.69, 9.17) is 9.47 Å². The molecule has 0 saturated heterocycles. The van der Waals surface area contributed by atoms with E-state index in [0.29, 0.717) is 24.2 Å². The molecule has 0 aliphatic heterocycles. The highest BCUT2D eigenvalue weighted by Gasteiger charge is 2.61. The Morgan fingerprint density at radius 3 is 2.48 bits per heavy atom. The maximum Gasteiger partial charge on any atom is 0.302 e. The number of rotatable bonds is 2. The Labute approximate surface area is 160 Å². The van der Waals surface area contributed by atoms with E-state index in [1.807, 2.05) is 6.08 Å². The maximum atomic E-state index is 11.9. The summed E-state index contributed by atoms with van der Waals surface area (Å²) in [6.07, 6.45) is 7.78. The number of hydrogen-bond donors (Lipinski definition) is 0. The molecule has 4 aliphatic rings. The number of allylic oxidation sites excluding steroid dienone is 1. The van der Waals surface area contributed by atoms with Gasteiger partial charge in [-0.1, -0.05) is 12.5 Å². The van der Waals surface area contributed by atoms with Crippen LogP contribution in [0.1, 0.15) is 65.7 Å². The Morgan fingerprint density at radius 1 is 1.04 bits per heavy atom. The fraction of sp³-hybridized carbons (Fsp3) is 0.773. The predicted octanol–water partition coefficient (Wildman–Crippen LogP) is 3.60. The van der Waals surface area contributed by atoms with Crippen molar-refractivity contribution in [3.8, 4) is 0 Å². The molecule has 0 amide bonds. The summed E-state index contributed by atoms with van der Waals surface area (Å²) in [5, 5.41) is 0. The third-order valence-corrected chi connectivity index (χ3v) is 7.78. The van der Waals surface area contributed by atoms with Gasteiger partial charge in [-0.25, -0.2) is 0 Å². The maximum absolute atomic E-state index is 11.9. The number of fused-ring (bicyclic) bond motifs is 5. The van der Waals surface area contributed by atoms with Crippen LogP contribution < -0.4 is 0 Å². The van der Waals surface area contributed by atoms with Crippen LogP contribution in [0.15, 0.2) is 11.6 Å². The van der Waals surface area contributed by atoms with Gasteiger partial charge in [0.25, 0.3) is 0 Å². The van der Waals surface area contributed by atoms with Crippen LogP contribution in [-0.2, 0) is 23.9 Å². The van der Waals surface area contributed by atoms with Crippen LogP contribution in [0.3, 0.4) is 0 Å². The highest BCUT2D eigenvalue weighted by Crippen LogP contribution is 2.62. The average Bonchev–Trinajstić information content (AvgIpc) is 2.89. The number of carbonyl (C=O) groups excluding carboxylic acids is 3. The Morgan fingerprint density at radius 2 is 1.78 bits per heavy atom. The molecule has 3 saturated carbocycles. The second kappa shape index (κ2) is 6.75. The molecule has 0 aromatic carbocycles. The molecule has 0 N–H and O–H groups in total. The lowest BCUT2D eigenvalue weighted by Crippen LogP contribution is -2.55. The zero-order valence-electron chi connectivity index (χ0n) is 16.5. The molecule has 4 aliphatic carbocycles. The zero-order chi connectivity index (χ0) is 19.3. The molecule has 0 unspecified atom stereocenters. The lowest BCUT2D eigenvalue weighted by atomic mass is 9.51. The third kappa shape index (κ3) is 3.13. The second-order valence-electron chi connectivity index (χ2n) is 9.25. The Kier molecular flexibility index (Phi) is 4.68. The molecule has 7 atom stereocenters. The lowest BCUT2D eigenvalue weighted by molar-refractivity contribution is -0.179. The molecule has 0 spiro atoms. The minimum Gasteiger partial charge on any atom is -0.462 e. The fourth-order valence-electron chi connectivity index (χ4n) is 6.91. The van der Waals surface area contributed by atoms with E-state index in [1.54, 1.807) is 0 Å². The van der Waals surface area contributed by atoms with E-state index in [-0.39, 0.29) is 41.3 Å². The van der Waals surface area contributed by atoms with Crippen molar-refractivity contribution in [2.24, 2.45) is 29.1 Å². The molecule has 3 fully saturated rings. The number of ketones is 1. The fourth-order valence-corrected chi connectivity index (χ4v) is 6.91. The normalized spacial score (nSPS) is 43.1. The smallest absolute Gasteiger partial charge is 0.302 e. The number of carbonyl (C=O) groups is 3. The first kappa shape index (κ1) is 18.7. The number of esters is 2. The Hall–Kier alpha value is -1.65. The highest BCUT2D eigenvalue weighted by molar-refractivity contribution is 5.91. The van der Waals surface area contributed by atoms with Crippen molar-refractivity contribution in [2.45, 2.75) is 77.9 Å². The van der Waals surface area contributed by atoms with Gasteiger partial charge in [0.1, 0.15) is 12.2 Å². The van der Waals surface area contributed by atoms with Crippen molar-refractivity contribution in [3.63, 3.8) is 0 Å². The Bertz CT molecular complexity index is 695. The first-order valence-corrected chi connectivity index (χ1v) is 10.4. The van der Waals surface area contributed by atoms with Gasteiger partial charge >= 0.3 is 11.9 Å². The van der Waals surface area contributed by atoms with Crippen LogP contribution >= 0.6 is 0 Å². The molecular formula is C22H30O5. The second-order valence-corrected chi connectivity index (χ2v) is 9.25. The van der Waals surface area contributed by atoms with E-state index in [0.717, 1.165) is 38.5 Å². The zero-order valence-corrected chi connectivity index (χ0v) is 16.5. The van der Waals surface area contributed by atoms with E-state index < -0.39 is 0 Å². The van der Waals surface area contributed by atoms with Crippen LogP contribution in [0, 0.1) is 29.1 Å². The van der Waals surface area contributed by atoms with Crippen LogP contribution in [0.5, 0.6) is 0 Å². The van der Waals surface area contributed by atoms with Gasteiger partial charge in [-0.2, -0.15) is 0 Å². The number of ether oxygens (including phenoxy) is 2. The monoisotopic (exact) mass is 374 g/mol. The quantitative estimate of drug-likeness (QED) is 0.691. The SMILES string of the molecule is CC(=O)O[C@@H]1C[C@]2(C)[C@H](CC[C@H]2OC(C)=O)[C@@H]2CCC3=CC(=O)CC[C@@H]3[C@H]21. The van der Waals surface area contributed by atoms with Crippen LogP contribution in [0.25, 0.3) is 0 Å². The minimum absolute atomic E-state index is 0.0936. The van der Waals surface area contributed by atoms with Crippen molar-refractivity contribution in [1.82, 2.24) is 0 Å². The van der Waals surface area contributed by atoms with E-state index in [9.17, 15) is 14.4 Å². The topological polar surface area (TPSA) is 69.7 Å². The first-order valence-electron chi connectivity index (χ1n) is 10.4. The Balaban J connectivity index is 1.68. The average molecular weight is 374 g/mol. The van der Waals surface area contributed by atoms with Crippen LogP contribution in [-0.4, -0.2) is 29.9 Å². The largest absolute Gasteiger partial charge is 0.462 e. The summed E-state index contributed by atoms with van der Waals surface area (Å²) in [5.74, 6) is 1.35. The van der Waals surface area contributed by atoms with E-state index in [2.05, 4.69) is 6.92 Å². The summed E-state index contributed by atoms with van der Waals surface area (Å²) in [6.45, 7) is 5.18. The van der Waals surface area contributed by atoms with Gasteiger partial charge in [0.05, 0.1) is 0 Å². The summed E-state index contributed by atoms with van der Waals surface area (Å²) in [7, 11) is 0. The van der Waals surface area contributed by atoms with E-state index in [1.165, 1.54) is 19.4 Å². The van der Waals surface area contributed by atoms with Crippen molar-refractivity contribution in [2.75, 3.05) is 0 Å². The summed E-state index contributed by atoms with van der Waals surface area (Å²) in [5.41, 5.74) is 1.13. The molecule has 4 rings (SSSR count).